The first kappa shape index (κ1) is 18.6. The van der Waals surface area contributed by atoms with Crippen LogP contribution in [0.4, 0.5) is 18.3 Å². The number of hydrogen-bond donors (Lipinski definition) is 1. The van der Waals surface area contributed by atoms with Gasteiger partial charge in [-0.1, -0.05) is 30.3 Å². The molecule has 0 aliphatic rings. The molecule has 0 aliphatic carbocycles. The zero-order valence-corrected chi connectivity index (χ0v) is 16.0. The van der Waals surface area contributed by atoms with Gasteiger partial charge in [0.1, 0.15) is 5.75 Å². The second-order valence-corrected chi connectivity index (χ2v) is 7.03. The number of ether oxygens (including phenoxy) is 1. The molecule has 3 aromatic rings. The third-order valence-corrected chi connectivity index (χ3v) is 4.72. The van der Waals surface area contributed by atoms with Crippen LogP contribution in [0.25, 0.3) is 11.3 Å². The van der Waals surface area contributed by atoms with Crippen LogP contribution in [0.1, 0.15) is 5.56 Å². The molecule has 0 aliphatic heterocycles. The van der Waals surface area contributed by atoms with E-state index >= 15 is 0 Å². The summed E-state index contributed by atoms with van der Waals surface area (Å²) in [4.78, 5) is 4.43. The summed E-state index contributed by atoms with van der Waals surface area (Å²) >= 11 is 3.19. The first-order chi connectivity index (χ1) is 12.4. The molecule has 4 nitrogen and oxygen atoms in total. The lowest BCUT2D eigenvalue weighted by atomic mass is 10.2. The predicted molar refractivity (Wildman–Crippen MR) is 105 cm³/mol. The Labute approximate surface area is 164 Å². The van der Waals surface area contributed by atoms with Crippen molar-refractivity contribution >= 4 is 45.3 Å². The smallest absolute Gasteiger partial charge is 0.405 e. The SMILES string of the molecule is FC(F)(F)Oc1ccc(C=NNc2nc(-c3ccccc3)cs2)cc1I. The third kappa shape index (κ3) is 5.18. The molecule has 26 heavy (non-hydrogen) atoms. The lowest BCUT2D eigenvalue weighted by molar-refractivity contribution is -0.274. The topological polar surface area (TPSA) is 46.5 Å². The van der Waals surface area contributed by atoms with Gasteiger partial charge in [-0.05, 0) is 46.4 Å². The monoisotopic (exact) mass is 489 g/mol. The number of thiazole rings is 1. The van der Waals surface area contributed by atoms with E-state index in [-0.39, 0.29) is 5.75 Å². The molecule has 1 aromatic heterocycles. The fourth-order valence-corrected chi connectivity index (χ4v) is 3.35. The maximum absolute atomic E-state index is 12.3. The van der Waals surface area contributed by atoms with Gasteiger partial charge in [0.2, 0.25) is 5.13 Å². The van der Waals surface area contributed by atoms with Crippen LogP contribution in [-0.4, -0.2) is 17.6 Å². The van der Waals surface area contributed by atoms with E-state index in [1.54, 1.807) is 28.7 Å². The van der Waals surface area contributed by atoms with Crippen LogP contribution in [0.2, 0.25) is 0 Å². The van der Waals surface area contributed by atoms with E-state index in [1.165, 1.54) is 29.7 Å². The highest BCUT2D eigenvalue weighted by atomic mass is 127. The summed E-state index contributed by atoms with van der Waals surface area (Å²) in [6.07, 6.45) is -3.21. The summed E-state index contributed by atoms with van der Waals surface area (Å²) in [5.41, 5.74) is 5.31. The van der Waals surface area contributed by atoms with E-state index in [4.69, 9.17) is 0 Å². The van der Waals surface area contributed by atoms with Gasteiger partial charge in [-0.15, -0.1) is 24.5 Å². The lowest BCUT2D eigenvalue weighted by Gasteiger charge is -2.10. The van der Waals surface area contributed by atoms with E-state index in [0.29, 0.717) is 14.3 Å². The van der Waals surface area contributed by atoms with E-state index < -0.39 is 6.36 Å². The molecular weight excluding hydrogens is 478 g/mol. The van der Waals surface area contributed by atoms with Crippen molar-refractivity contribution < 1.29 is 17.9 Å². The Morgan fingerprint density at radius 2 is 1.92 bits per heavy atom. The quantitative estimate of drug-likeness (QED) is 0.282. The fourth-order valence-electron chi connectivity index (χ4n) is 2.03. The Morgan fingerprint density at radius 3 is 2.62 bits per heavy atom. The molecule has 0 amide bonds. The minimum atomic E-state index is -4.71. The molecule has 0 spiro atoms. The van der Waals surface area contributed by atoms with Crippen molar-refractivity contribution in [3.8, 4) is 17.0 Å². The Kier molecular flexibility index (Phi) is 5.77. The molecular formula is C17H11F3IN3OS. The van der Waals surface area contributed by atoms with Gasteiger partial charge in [0.25, 0.3) is 0 Å². The Bertz CT molecular complexity index is 913. The minimum Gasteiger partial charge on any atom is -0.405 e. The van der Waals surface area contributed by atoms with Crippen LogP contribution in [0.15, 0.2) is 59.0 Å². The van der Waals surface area contributed by atoms with Crippen LogP contribution >= 0.6 is 33.9 Å². The van der Waals surface area contributed by atoms with E-state index in [9.17, 15) is 13.2 Å². The maximum Gasteiger partial charge on any atom is 0.573 e. The second kappa shape index (κ2) is 8.04. The number of benzene rings is 2. The maximum atomic E-state index is 12.3. The molecule has 0 saturated carbocycles. The van der Waals surface area contributed by atoms with Crippen molar-refractivity contribution in [3.05, 3.63) is 63.0 Å². The molecule has 1 N–H and O–H groups in total. The molecule has 0 atom stereocenters. The number of rotatable bonds is 5. The molecule has 1 heterocycles. The normalized spacial score (nSPS) is 11.7. The van der Waals surface area contributed by atoms with Crippen LogP contribution in [0, 0.1) is 3.57 Å². The predicted octanol–water partition coefficient (Wildman–Crippen LogP) is 5.76. The highest BCUT2D eigenvalue weighted by Gasteiger charge is 2.31. The average molecular weight is 489 g/mol. The Balaban J connectivity index is 1.64. The summed E-state index contributed by atoms with van der Waals surface area (Å²) in [6, 6.07) is 14.0. The number of alkyl halides is 3. The molecule has 3 rings (SSSR count). The van der Waals surface area contributed by atoms with Gasteiger partial charge in [0, 0.05) is 10.9 Å². The molecule has 0 bridgehead atoms. The molecule has 0 radical (unpaired) electrons. The number of anilines is 1. The average Bonchev–Trinajstić information content (AvgIpc) is 3.06. The molecule has 0 saturated heterocycles. The second-order valence-electron chi connectivity index (χ2n) is 5.01. The number of nitrogens with one attached hydrogen (secondary N) is 1. The van der Waals surface area contributed by atoms with Crippen LogP contribution in [-0.2, 0) is 0 Å². The van der Waals surface area contributed by atoms with Gasteiger partial charge >= 0.3 is 6.36 Å². The van der Waals surface area contributed by atoms with Crippen LogP contribution in [0.3, 0.4) is 0 Å². The first-order valence-electron chi connectivity index (χ1n) is 7.26. The zero-order valence-electron chi connectivity index (χ0n) is 13.0. The van der Waals surface area contributed by atoms with E-state index in [0.717, 1.165) is 11.3 Å². The van der Waals surface area contributed by atoms with Crippen molar-refractivity contribution in [2.24, 2.45) is 5.10 Å². The zero-order chi connectivity index (χ0) is 18.6. The first-order valence-corrected chi connectivity index (χ1v) is 9.22. The van der Waals surface area contributed by atoms with Gasteiger partial charge in [0.15, 0.2) is 0 Å². The van der Waals surface area contributed by atoms with Gasteiger partial charge in [-0.25, -0.2) is 4.98 Å². The highest BCUT2D eigenvalue weighted by molar-refractivity contribution is 14.1. The molecule has 2 aromatic carbocycles. The lowest BCUT2D eigenvalue weighted by Crippen LogP contribution is -2.17. The summed E-state index contributed by atoms with van der Waals surface area (Å²) in [7, 11) is 0. The fraction of sp³-hybridized carbons (Fsp3) is 0.0588. The Morgan fingerprint density at radius 1 is 1.15 bits per heavy atom. The number of halogens is 4. The standard InChI is InChI=1S/C17H11F3IN3OS/c18-17(19,20)25-15-7-6-11(8-13(15)21)9-22-24-16-23-14(10-26-16)12-4-2-1-3-5-12/h1-10H,(H,23,24). The summed E-state index contributed by atoms with van der Waals surface area (Å²) in [6.45, 7) is 0. The van der Waals surface area contributed by atoms with Crippen LogP contribution < -0.4 is 10.2 Å². The number of hydrogen-bond acceptors (Lipinski definition) is 5. The number of nitrogens with zero attached hydrogens (tertiary/aromatic N) is 2. The molecule has 0 fully saturated rings. The minimum absolute atomic E-state index is 0.240. The van der Waals surface area contributed by atoms with E-state index in [2.05, 4.69) is 20.2 Å². The van der Waals surface area contributed by atoms with Gasteiger partial charge in [-0.3, -0.25) is 5.43 Å². The van der Waals surface area contributed by atoms with Crippen molar-refractivity contribution in [2.75, 3.05) is 5.43 Å². The third-order valence-electron chi connectivity index (χ3n) is 3.13. The van der Waals surface area contributed by atoms with Crippen molar-refractivity contribution in [3.63, 3.8) is 0 Å². The van der Waals surface area contributed by atoms with Gasteiger partial charge in [-0.2, -0.15) is 5.10 Å². The van der Waals surface area contributed by atoms with Gasteiger partial charge in [0.05, 0.1) is 15.5 Å². The summed E-state index contributed by atoms with van der Waals surface area (Å²) < 4.78 is 41.1. The Hall–Kier alpha value is -2.14. The molecule has 9 heteroatoms. The van der Waals surface area contributed by atoms with Crippen LogP contribution in [0.5, 0.6) is 5.75 Å². The summed E-state index contributed by atoms with van der Waals surface area (Å²) in [5, 5.41) is 6.60. The molecule has 134 valence electrons. The largest absolute Gasteiger partial charge is 0.573 e. The summed E-state index contributed by atoms with van der Waals surface area (Å²) in [5.74, 6) is -0.240. The highest BCUT2D eigenvalue weighted by Crippen LogP contribution is 2.28. The number of hydrazone groups is 1. The van der Waals surface area contributed by atoms with E-state index in [1.807, 2.05) is 35.7 Å². The van der Waals surface area contributed by atoms with Crippen molar-refractivity contribution in [1.29, 1.82) is 0 Å². The van der Waals surface area contributed by atoms with Crippen molar-refractivity contribution in [1.82, 2.24) is 4.98 Å². The van der Waals surface area contributed by atoms with Crippen molar-refractivity contribution in [2.45, 2.75) is 6.36 Å². The van der Waals surface area contributed by atoms with Gasteiger partial charge < -0.3 is 4.74 Å². The number of aromatic nitrogens is 1. The molecule has 0 unspecified atom stereocenters.